The lowest BCUT2D eigenvalue weighted by Gasteiger charge is -2.12. The standard InChI is InChI=1S/C13H17NO2/c1-13(7-8-13)10-5-3-9(4-6-10)11(14)12(15)16-2/h3-6,11H,7-8,14H2,1-2H3. The van der Waals surface area contributed by atoms with Crippen LogP contribution < -0.4 is 5.73 Å². The van der Waals surface area contributed by atoms with Gasteiger partial charge in [0.05, 0.1) is 7.11 Å². The second-order valence-corrected chi connectivity index (χ2v) is 4.68. The minimum atomic E-state index is -0.675. The molecule has 1 aliphatic carbocycles. The van der Waals surface area contributed by atoms with Gasteiger partial charge in [0.1, 0.15) is 6.04 Å². The van der Waals surface area contributed by atoms with E-state index in [9.17, 15) is 4.79 Å². The third kappa shape index (κ3) is 1.95. The van der Waals surface area contributed by atoms with Gasteiger partial charge < -0.3 is 10.5 Å². The van der Waals surface area contributed by atoms with Gasteiger partial charge in [0.2, 0.25) is 0 Å². The largest absolute Gasteiger partial charge is 0.468 e. The molecule has 0 spiro atoms. The van der Waals surface area contributed by atoms with Crippen LogP contribution in [0.1, 0.15) is 36.9 Å². The molecule has 0 heterocycles. The molecule has 3 nitrogen and oxygen atoms in total. The van der Waals surface area contributed by atoms with Crippen molar-refractivity contribution in [3.63, 3.8) is 0 Å². The number of rotatable bonds is 3. The maximum Gasteiger partial charge on any atom is 0.327 e. The molecular weight excluding hydrogens is 202 g/mol. The van der Waals surface area contributed by atoms with Crippen molar-refractivity contribution in [3.05, 3.63) is 35.4 Å². The molecule has 1 unspecified atom stereocenters. The van der Waals surface area contributed by atoms with Crippen LogP contribution in [0.4, 0.5) is 0 Å². The lowest BCUT2D eigenvalue weighted by Crippen LogP contribution is -2.22. The molecule has 86 valence electrons. The highest BCUT2D eigenvalue weighted by Crippen LogP contribution is 2.47. The van der Waals surface area contributed by atoms with Crippen molar-refractivity contribution < 1.29 is 9.53 Å². The summed E-state index contributed by atoms with van der Waals surface area (Å²) in [6, 6.07) is 7.28. The number of carbonyl (C=O) groups is 1. The molecule has 1 fully saturated rings. The fourth-order valence-corrected chi connectivity index (χ4v) is 1.83. The molecule has 1 aromatic rings. The molecule has 1 atom stereocenters. The zero-order valence-corrected chi connectivity index (χ0v) is 9.69. The minimum absolute atomic E-state index is 0.355. The molecule has 0 amide bonds. The predicted molar refractivity (Wildman–Crippen MR) is 62.0 cm³/mol. The van der Waals surface area contributed by atoms with Crippen LogP contribution in [-0.4, -0.2) is 13.1 Å². The average Bonchev–Trinajstić information content (AvgIpc) is 3.07. The van der Waals surface area contributed by atoms with E-state index in [2.05, 4.69) is 23.8 Å². The van der Waals surface area contributed by atoms with E-state index < -0.39 is 12.0 Å². The third-order valence-corrected chi connectivity index (χ3v) is 3.42. The first-order chi connectivity index (χ1) is 7.57. The summed E-state index contributed by atoms with van der Waals surface area (Å²) < 4.78 is 4.61. The zero-order chi connectivity index (χ0) is 11.8. The lowest BCUT2D eigenvalue weighted by atomic mass is 9.96. The van der Waals surface area contributed by atoms with Crippen LogP contribution in [0.25, 0.3) is 0 Å². The Balaban J connectivity index is 2.16. The van der Waals surface area contributed by atoms with Crippen LogP contribution in [-0.2, 0) is 14.9 Å². The Bertz CT molecular complexity index is 393. The van der Waals surface area contributed by atoms with Gasteiger partial charge in [-0.05, 0) is 29.4 Å². The van der Waals surface area contributed by atoms with Crippen molar-refractivity contribution in [1.82, 2.24) is 0 Å². The Hall–Kier alpha value is -1.35. The van der Waals surface area contributed by atoms with Gasteiger partial charge in [0.15, 0.2) is 0 Å². The number of methoxy groups -OCH3 is 1. The number of carbonyl (C=O) groups excluding carboxylic acids is 1. The molecule has 16 heavy (non-hydrogen) atoms. The van der Waals surface area contributed by atoms with Crippen molar-refractivity contribution in [2.75, 3.05) is 7.11 Å². The quantitative estimate of drug-likeness (QED) is 0.790. The van der Waals surface area contributed by atoms with E-state index in [4.69, 9.17) is 5.73 Å². The van der Waals surface area contributed by atoms with Crippen LogP contribution >= 0.6 is 0 Å². The van der Waals surface area contributed by atoms with E-state index in [-0.39, 0.29) is 0 Å². The SMILES string of the molecule is COC(=O)C(N)c1ccc(C2(C)CC2)cc1. The highest BCUT2D eigenvalue weighted by molar-refractivity contribution is 5.77. The Morgan fingerprint density at radius 1 is 1.38 bits per heavy atom. The van der Waals surface area contributed by atoms with E-state index in [1.165, 1.54) is 25.5 Å². The third-order valence-electron chi connectivity index (χ3n) is 3.42. The summed E-state index contributed by atoms with van der Waals surface area (Å²) in [7, 11) is 1.35. The molecular formula is C13H17NO2. The molecule has 3 heteroatoms. The first kappa shape index (κ1) is 11.1. The maximum absolute atomic E-state index is 11.3. The van der Waals surface area contributed by atoms with Crippen molar-refractivity contribution in [3.8, 4) is 0 Å². The topological polar surface area (TPSA) is 52.3 Å². The fraction of sp³-hybridized carbons (Fsp3) is 0.462. The van der Waals surface area contributed by atoms with Crippen molar-refractivity contribution in [1.29, 1.82) is 0 Å². The molecule has 2 rings (SSSR count). The van der Waals surface area contributed by atoms with E-state index in [0.717, 1.165) is 5.56 Å². The number of hydrogen-bond acceptors (Lipinski definition) is 3. The number of nitrogens with two attached hydrogens (primary N) is 1. The van der Waals surface area contributed by atoms with Gasteiger partial charge >= 0.3 is 5.97 Å². The fourth-order valence-electron chi connectivity index (χ4n) is 1.83. The molecule has 1 saturated carbocycles. The number of benzene rings is 1. The van der Waals surface area contributed by atoms with E-state index in [1.54, 1.807) is 0 Å². The molecule has 2 N–H and O–H groups in total. The highest BCUT2D eigenvalue weighted by Gasteiger charge is 2.38. The van der Waals surface area contributed by atoms with Gasteiger partial charge in [-0.3, -0.25) is 4.79 Å². The van der Waals surface area contributed by atoms with Crippen molar-refractivity contribution in [2.24, 2.45) is 5.73 Å². The lowest BCUT2D eigenvalue weighted by molar-refractivity contribution is -0.142. The summed E-state index contributed by atoms with van der Waals surface area (Å²) in [5.74, 6) is -0.398. The molecule has 1 aliphatic rings. The molecule has 0 saturated heterocycles. The molecule has 0 aliphatic heterocycles. The Morgan fingerprint density at radius 2 is 1.94 bits per heavy atom. The van der Waals surface area contributed by atoms with Crippen LogP contribution in [0.3, 0.4) is 0 Å². The Kier molecular flexibility index (Phi) is 2.72. The summed E-state index contributed by atoms with van der Waals surface area (Å²) in [5.41, 5.74) is 8.24. The average molecular weight is 219 g/mol. The molecule has 0 aromatic heterocycles. The van der Waals surface area contributed by atoms with Crippen molar-refractivity contribution in [2.45, 2.75) is 31.2 Å². The summed E-state index contributed by atoms with van der Waals surface area (Å²) in [6.45, 7) is 2.25. The van der Waals surface area contributed by atoms with E-state index in [0.29, 0.717) is 5.41 Å². The van der Waals surface area contributed by atoms with Crippen LogP contribution in [0.2, 0.25) is 0 Å². The van der Waals surface area contributed by atoms with E-state index >= 15 is 0 Å². The van der Waals surface area contributed by atoms with Crippen LogP contribution in [0.5, 0.6) is 0 Å². The minimum Gasteiger partial charge on any atom is -0.468 e. The van der Waals surface area contributed by atoms with Gasteiger partial charge in [0, 0.05) is 0 Å². The first-order valence-corrected chi connectivity index (χ1v) is 5.51. The molecule has 0 bridgehead atoms. The van der Waals surface area contributed by atoms with Crippen LogP contribution in [0.15, 0.2) is 24.3 Å². The van der Waals surface area contributed by atoms with Gasteiger partial charge in [-0.2, -0.15) is 0 Å². The predicted octanol–water partition coefficient (Wildman–Crippen LogP) is 1.91. The second kappa shape index (κ2) is 3.91. The maximum atomic E-state index is 11.3. The Labute approximate surface area is 95.6 Å². The summed E-state index contributed by atoms with van der Waals surface area (Å²) >= 11 is 0. The van der Waals surface area contributed by atoms with Crippen LogP contribution in [0, 0.1) is 0 Å². The van der Waals surface area contributed by atoms with Crippen molar-refractivity contribution >= 4 is 5.97 Å². The van der Waals surface area contributed by atoms with E-state index in [1.807, 2.05) is 12.1 Å². The Morgan fingerprint density at radius 3 is 2.38 bits per heavy atom. The van der Waals surface area contributed by atoms with Gasteiger partial charge in [-0.1, -0.05) is 31.2 Å². The first-order valence-electron chi connectivity index (χ1n) is 5.51. The summed E-state index contributed by atoms with van der Waals surface area (Å²) in [5, 5.41) is 0. The zero-order valence-electron chi connectivity index (χ0n) is 9.69. The highest BCUT2D eigenvalue weighted by atomic mass is 16.5. The molecule has 1 aromatic carbocycles. The molecule has 0 radical (unpaired) electrons. The summed E-state index contributed by atoms with van der Waals surface area (Å²) in [6.07, 6.45) is 2.49. The monoisotopic (exact) mass is 219 g/mol. The van der Waals surface area contributed by atoms with Gasteiger partial charge in [0.25, 0.3) is 0 Å². The van der Waals surface area contributed by atoms with Gasteiger partial charge in [-0.25, -0.2) is 0 Å². The number of hydrogen-bond donors (Lipinski definition) is 1. The normalized spacial score (nSPS) is 18.9. The summed E-state index contributed by atoms with van der Waals surface area (Å²) in [4.78, 5) is 11.3. The second-order valence-electron chi connectivity index (χ2n) is 4.68. The van der Waals surface area contributed by atoms with Gasteiger partial charge in [-0.15, -0.1) is 0 Å². The number of ether oxygens (including phenoxy) is 1. The number of esters is 1. The smallest absolute Gasteiger partial charge is 0.327 e.